The number of hydrogen-bond acceptors (Lipinski definition) is 1. The number of nitrogens with zero attached hydrogens (tertiary/aromatic N) is 1. The number of primary amides is 1. The molecule has 0 saturated carbocycles. The van der Waals surface area contributed by atoms with E-state index < -0.39 is 5.91 Å². The van der Waals surface area contributed by atoms with E-state index in [1.807, 2.05) is 48.5 Å². The lowest BCUT2D eigenvalue weighted by Gasteiger charge is -2.14. The van der Waals surface area contributed by atoms with E-state index in [-0.39, 0.29) is 0 Å². The van der Waals surface area contributed by atoms with Crippen molar-refractivity contribution in [1.82, 2.24) is 4.57 Å². The highest BCUT2D eigenvalue weighted by atomic mass is 35.5. The largest absolute Gasteiger partial charge is 0.366 e. The Labute approximate surface area is 224 Å². The molecule has 3 nitrogen and oxygen atoms in total. The van der Waals surface area contributed by atoms with E-state index in [2.05, 4.69) is 53.1 Å². The van der Waals surface area contributed by atoms with Crippen molar-refractivity contribution in [3.05, 3.63) is 130 Å². The number of nitrogens with two attached hydrogens (primary N) is 1. The van der Waals surface area contributed by atoms with Gasteiger partial charge in [0.1, 0.15) is 0 Å². The van der Waals surface area contributed by atoms with Gasteiger partial charge in [-0.3, -0.25) is 4.79 Å². The summed E-state index contributed by atoms with van der Waals surface area (Å²) < 4.78 is 2.22. The molecule has 5 aromatic carbocycles. The molecule has 0 unspecified atom stereocenters. The number of amides is 1. The standard InChI is InChI=1S/C32H21Cl2N2O/c33-23-14-16-25(28(34)18-23)21-13-15-26-30(17-21)36(29-12-6-11-27(31(26)29)32(35)37)19-22-9-4-5-10-24(22)20-7-2-1-3-8-20/h1-14,16-18H,19H2,(H2,35,37). The van der Waals surface area contributed by atoms with Gasteiger partial charge in [0, 0.05) is 38.5 Å². The maximum Gasteiger partial charge on any atom is 0.249 e. The quantitative estimate of drug-likeness (QED) is 0.244. The van der Waals surface area contributed by atoms with E-state index in [0.29, 0.717) is 22.2 Å². The first kappa shape index (κ1) is 23.4. The van der Waals surface area contributed by atoms with E-state index in [4.69, 9.17) is 28.9 Å². The molecule has 6 rings (SSSR count). The molecular weight excluding hydrogens is 499 g/mol. The molecule has 0 saturated heterocycles. The van der Waals surface area contributed by atoms with E-state index >= 15 is 0 Å². The van der Waals surface area contributed by atoms with Crippen LogP contribution >= 0.6 is 23.2 Å². The Morgan fingerprint density at radius 3 is 2.35 bits per heavy atom. The minimum absolute atomic E-state index is 0.465. The summed E-state index contributed by atoms with van der Waals surface area (Å²) in [7, 11) is 0. The number of fused-ring (bicyclic) bond motifs is 3. The molecule has 5 heteroatoms. The second-order valence-corrected chi connectivity index (χ2v) is 9.79. The number of carbonyl (C=O) groups is 1. The summed E-state index contributed by atoms with van der Waals surface area (Å²) in [5.74, 6) is -0.465. The molecule has 0 aliphatic carbocycles. The maximum atomic E-state index is 12.4. The zero-order valence-electron chi connectivity index (χ0n) is 19.7. The first-order valence-corrected chi connectivity index (χ1v) is 12.6. The molecule has 1 heterocycles. The van der Waals surface area contributed by atoms with Crippen molar-refractivity contribution < 1.29 is 4.79 Å². The predicted octanol–water partition coefficient (Wildman–Crippen LogP) is 8.38. The van der Waals surface area contributed by atoms with Crippen molar-refractivity contribution in [1.29, 1.82) is 0 Å². The summed E-state index contributed by atoms with van der Waals surface area (Å²) in [6.45, 7) is 0.596. The average molecular weight is 520 g/mol. The van der Waals surface area contributed by atoms with Crippen molar-refractivity contribution in [3.8, 4) is 22.3 Å². The molecule has 0 aliphatic heterocycles. The van der Waals surface area contributed by atoms with Crippen LogP contribution in [0.4, 0.5) is 0 Å². The molecule has 0 bridgehead atoms. The third-order valence-corrected chi connectivity index (χ3v) is 7.28. The Hall–Kier alpha value is -4.05. The number of halogens is 2. The minimum atomic E-state index is -0.465. The summed E-state index contributed by atoms with van der Waals surface area (Å²) in [6.07, 6.45) is 0. The van der Waals surface area contributed by atoms with Crippen molar-refractivity contribution in [3.63, 3.8) is 0 Å². The summed E-state index contributed by atoms with van der Waals surface area (Å²) in [5.41, 5.74) is 13.4. The highest BCUT2D eigenvalue weighted by Crippen LogP contribution is 2.37. The Bertz CT molecular complexity index is 1810. The molecule has 179 valence electrons. The van der Waals surface area contributed by atoms with Gasteiger partial charge in [-0.2, -0.15) is 0 Å². The highest BCUT2D eigenvalue weighted by Gasteiger charge is 2.19. The van der Waals surface area contributed by atoms with Crippen LogP contribution in [0.15, 0.2) is 103 Å². The van der Waals surface area contributed by atoms with Gasteiger partial charge in [0.2, 0.25) is 5.91 Å². The Balaban J connectivity index is 1.62. The monoisotopic (exact) mass is 519 g/mol. The molecule has 0 spiro atoms. The molecule has 2 N–H and O–H groups in total. The average Bonchev–Trinajstić information content (AvgIpc) is 3.22. The topological polar surface area (TPSA) is 48.0 Å². The van der Waals surface area contributed by atoms with Gasteiger partial charge in [-0.25, -0.2) is 0 Å². The van der Waals surface area contributed by atoms with Gasteiger partial charge in [-0.15, -0.1) is 0 Å². The lowest BCUT2D eigenvalue weighted by atomic mass is 9.99. The van der Waals surface area contributed by atoms with Crippen LogP contribution in [0.1, 0.15) is 15.9 Å². The van der Waals surface area contributed by atoms with Crippen molar-refractivity contribution >= 4 is 50.9 Å². The molecule has 0 aliphatic rings. The van der Waals surface area contributed by atoms with Crippen LogP contribution in [0.25, 0.3) is 44.1 Å². The van der Waals surface area contributed by atoms with Crippen LogP contribution in [0.3, 0.4) is 0 Å². The minimum Gasteiger partial charge on any atom is -0.366 e. The summed E-state index contributed by atoms with van der Waals surface area (Å²) in [5, 5.41) is 2.79. The van der Waals surface area contributed by atoms with E-state index in [1.54, 1.807) is 12.1 Å². The molecule has 1 aromatic heterocycles. The van der Waals surface area contributed by atoms with Gasteiger partial charge < -0.3 is 10.3 Å². The van der Waals surface area contributed by atoms with Crippen LogP contribution in [-0.2, 0) is 6.54 Å². The van der Waals surface area contributed by atoms with Crippen LogP contribution in [0.5, 0.6) is 0 Å². The lowest BCUT2D eigenvalue weighted by Crippen LogP contribution is -2.11. The molecule has 1 amide bonds. The van der Waals surface area contributed by atoms with E-state index in [0.717, 1.165) is 49.6 Å². The van der Waals surface area contributed by atoms with Gasteiger partial charge in [-0.05, 0) is 64.7 Å². The molecule has 37 heavy (non-hydrogen) atoms. The number of benzene rings is 5. The predicted molar refractivity (Wildman–Crippen MR) is 153 cm³/mol. The van der Waals surface area contributed by atoms with Crippen molar-refractivity contribution in [2.24, 2.45) is 5.73 Å². The SMILES string of the molecule is NC(=O)c1cccc2c1c1[c]cc(-c3ccc(Cl)cc3Cl)cc1n2Cc1ccccc1-c1ccccc1. The molecule has 0 fully saturated rings. The molecule has 0 atom stereocenters. The zero-order valence-corrected chi connectivity index (χ0v) is 21.2. The normalized spacial score (nSPS) is 11.3. The van der Waals surface area contributed by atoms with Gasteiger partial charge in [0.15, 0.2) is 0 Å². The molecular formula is C32H21Cl2N2O. The van der Waals surface area contributed by atoms with Gasteiger partial charge >= 0.3 is 0 Å². The third kappa shape index (κ3) is 4.17. The van der Waals surface area contributed by atoms with Crippen molar-refractivity contribution in [2.45, 2.75) is 6.54 Å². The Morgan fingerprint density at radius 1 is 0.784 bits per heavy atom. The summed E-state index contributed by atoms with van der Waals surface area (Å²) in [6, 6.07) is 37.3. The van der Waals surface area contributed by atoms with E-state index in [1.165, 1.54) is 0 Å². The van der Waals surface area contributed by atoms with Gasteiger partial charge in [0.25, 0.3) is 0 Å². The number of hydrogen-bond donors (Lipinski definition) is 1. The fourth-order valence-electron chi connectivity index (χ4n) is 5.04. The lowest BCUT2D eigenvalue weighted by molar-refractivity contribution is 0.100. The number of carbonyl (C=O) groups excluding carboxylic acids is 1. The number of rotatable bonds is 5. The Kier molecular flexibility index (Phi) is 5.96. The second kappa shape index (κ2) is 9.44. The first-order chi connectivity index (χ1) is 18.0. The molecule has 6 aromatic rings. The van der Waals surface area contributed by atoms with Crippen LogP contribution in [-0.4, -0.2) is 10.5 Å². The van der Waals surface area contributed by atoms with Crippen LogP contribution < -0.4 is 5.73 Å². The second-order valence-electron chi connectivity index (χ2n) is 8.95. The van der Waals surface area contributed by atoms with Gasteiger partial charge in [-0.1, -0.05) is 89.9 Å². The highest BCUT2D eigenvalue weighted by molar-refractivity contribution is 6.36. The van der Waals surface area contributed by atoms with Crippen LogP contribution in [0, 0.1) is 6.07 Å². The Morgan fingerprint density at radius 2 is 1.57 bits per heavy atom. The van der Waals surface area contributed by atoms with Crippen LogP contribution in [0.2, 0.25) is 10.0 Å². The fraction of sp³-hybridized carbons (Fsp3) is 0.0312. The van der Waals surface area contributed by atoms with Crippen molar-refractivity contribution in [2.75, 3.05) is 0 Å². The van der Waals surface area contributed by atoms with E-state index in [9.17, 15) is 4.79 Å². The maximum absolute atomic E-state index is 12.4. The summed E-state index contributed by atoms with van der Waals surface area (Å²) in [4.78, 5) is 12.4. The fourth-order valence-corrected chi connectivity index (χ4v) is 5.56. The smallest absolute Gasteiger partial charge is 0.249 e. The zero-order chi connectivity index (χ0) is 25.5. The number of aromatic nitrogens is 1. The van der Waals surface area contributed by atoms with Gasteiger partial charge in [0.05, 0.1) is 11.0 Å². The molecule has 1 radical (unpaired) electrons. The first-order valence-electron chi connectivity index (χ1n) is 11.9. The third-order valence-electron chi connectivity index (χ3n) is 6.73. The summed E-state index contributed by atoms with van der Waals surface area (Å²) >= 11 is 12.7.